The standard InChI is InChI=1S/C23H28O7/c1-12(25)30-23(19(29)11-24)18(28)9-16-15-5-4-13-8-14(26)6-7-21(13,2)20(15)17(27)10-22(16,23)3/h6-8,15-16,18,20,24,28H,4-5,9-11H2,1-3H3/t15-,16-,18+,20+,21-,22-,23-/m0/s1. The molecule has 7 atom stereocenters. The number of rotatable bonds is 3. The molecule has 0 unspecified atom stereocenters. The van der Waals surface area contributed by atoms with Crippen molar-refractivity contribution in [1.82, 2.24) is 0 Å². The summed E-state index contributed by atoms with van der Waals surface area (Å²) in [6.07, 6.45) is 5.13. The zero-order chi connectivity index (χ0) is 22.1. The maximum absolute atomic E-state index is 13.6. The molecule has 0 radical (unpaired) electrons. The summed E-state index contributed by atoms with van der Waals surface area (Å²) < 4.78 is 5.49. The van der Waals surface area contributed by atoms with Crippen LogP contribution in [0.4, 0.5) is 0 Å². The van der Waals surface area contributed by atoms with Gasteiger partial charge in [0, 0.05) is 30.1 Å². The molecule has 2 N–H and O–H groups in total. The Hall–Kier alpha value is -2.12. The monoisotopic (exact) mass is 416 g/mol. The van der Waals surface area contributed by atoms with Crippen molar-refractivity contribution in [2.24, 2.45) is 28.6 Å². The van der Waals surface area contributed by atoms with Crippen LogP contribution in [-0.2, 0) is 23.9 Å². The fourth-order valence-corrected chi connectivity index (χ4v) is 7.12. The number of esters is 1. The highest BCUT2D eigenvalue weighted by atomic mass is 16.6. The van der Waals surface area contributed by atoms with Crippen molar-refractivity contribution >= 4 is 23.3 Å². The molecule has 3 saturated carbocycles. The van der Waals surface area contributed by atoms with Gasteiger partial charge in [0.1, 0.15) is 18.5 Å². The summed E-state index contributed by atoms with van der Waals surface area (Å²) in [4.78, 5) is 50.3. The predicted molar refractivity (Wildman–Crippen MR) is 105 cm³/mol. The summed E-state index contributed by atoms with van der Waals surface area (Å²) in [5.41, 5.74) is -2.67. The maximum atomic E-state index is 13.6. The summed E-state index contributed by atoms with van der Waals surface area (Å²) in [5, 5.41) is 20.6. The van der Waals surface area contributed by atoms with Crippen LogP contribution in [0.1, 0.15) is 46.5 Å². The largest absolute Gasteiger partial charge is 0.448 e. The first kappa shape index (κ1) is 21.1. The van der Waals surface area contributed by atoms with Crippen LogP contribution in [0.15, 0.2) is 23.8 Å². The van der Waals surface area contributed by atoms with E-state index in [2.05, 4.69) is 0 Å². The van der Waals surface area contributed by atoms with Crippen LogP contribution in [0.25, 0.3) is 0 Å². The molecule has 0 aromatic heterocycles. The van der Waals surface area contributed by atoms with E-state index < -0.39 is 40.9 Å². The lowest BCUT2D eigenvalue weighted by atomic mass is 9.46. The van der Waals surface area contributed by atoms with Crippen molar-refractivity contribution in [1.29, 1.82) is 0 Å². The van der Waals surface area contributed by atoms with Gasteiger partial charge in [-0.15, -0.1) is 0 Å². The van der Waals surface area contributed by atoms with Gasteiger partial charge in [-0.1, -0.05) is 25.5 Å². The lowest BCUT2D eigenvalue weighted by Gasteiger charge is -2.57. The number of aliphatic hydroxyl groups is 2. The number of aliphatic hydroxyl groups excluding tert-OH is 2. The van der Waals surface area contributed by atoms with E-state index in [-0.39, 0.29) is 42.2 Å². The Balaban J connectivity index is 1.82. The first-order valence-corrected chi connectivity index (χ1v) is 10.5. The van der Waals surface area contributed by atoms with Gasteiger partial charge >= 0.3 is 5.97 Å². The minimum Gasteiger partial charge on any atom is -0.448 e. The van der Waals surface area contributed by atoms with Gasteiger partial charge < -0.3 is 14.9 Å². The van der Waals surface area contributed by atoms with E-state index in [1.54, 1.807) is 13.0 Å². The van der Waals surface area contributed by atoms with Gasteiger partial charge in [0.05, 0.1) is 0 Å². The van der Waals surface area contributed by atoms with Gasteiger partial charge in [0.25, 0.3) is 0 Å². The second-order valence-electron chi connectivity index (χ2n) is 9.70. The minimum atomic E-state index is -1.94. The molecule has 0 aromatic rings. The maximum Gasteiger partial charge on any atom is 0.303 e. The Morgan fingerprint density at radius 3 is 2.60 bits per heavy atom. The summed E-state index contributed by atoms with van der Waals surface area (Å²) in [5.74, 6) is -2.39. The number of carbonyl (C=O) groups excluding carboxylic acids is 4. The van der Waals surface area contributed by atoms with E-state index in [0.717, 1.165) is 12.5 Å². The normalized spacial score (nSPS) is 44.6. The molecule has 3 fully saturated rings. The van der Waals surface area contributed by atoms with Crippen LogP contribution in [0, 0.1) is 28.6 Å². The fraction of sp³-hybridized carbons (Fsp3) is 0.652. The van der Waals surface area contributed by atoms with Crippen LogP contribution in [0.3, 0.4) is 0 Å². The lowest BCUT2D eigenvalue weighted by molar-refractivity contribution is -0.201. The van der Waals surface area contributed by atoms with E-state index in [1.165, 1.54) is 6.08 Å². The Morgan fingerprint density at radius 2 is 1.97 bits per heavy atom. The number of ether oxygens (including phenoxy) is 1. The molecule has 0 heterocycles. The quantitative estimate of drug-likeness (QED) is 0.666. The summed E-state index contributed by atoms with van der Waals surface area (Å²) in [6.45, 7) is 3.98. The average molecular weight is 416 g/mol. The molecule has 7 nitrogen and oxygen atoms in total. The highest BCUT2D eigenvalue weighted by molar-refractivity contribution is 6.02. The molecule has 162 valence electrons. The highest BCUT2D eigenvalue weighted by Gasteiger charge is 2.73. The highest BCUT2D eigenvalue weighted by Crippen LogP contribution is 2.66. The van der Waals surface area contributed by atoms with Crippen LogP contribution >= 0.6 is 0 Å². The van der Waals surface area contributed by atoms with Crippen molar-refractivity contribution in [3.8, 4) is 0 Å². The fourth-order valence-electron chi connectivity index (χ4n) is 7.12. The Bertz CT molecular complexity index is 901. The number of carbonyl (C=O) groups is 4. The minimum absolute atomic E-state index is 0.0421. The summed E-state index contributed by atoms with van der Waals surface area (Å²) >= 11 is 0. The number of allylic oxidation sites excluding steroid dienone is 4. The molecule has 30 heavy (non-hydrogen) atoms. The molecule has 7 heteroatoms. The van der Waals surface area contributed by atoms with Crippen molar-refractivity contribution in [2.75, 3.05) is 6.61 Å². The zero-order valence-corrected chi connectivity index (χ0v) is 17.5. The topological polar surface area (TPSA) is 118 Å². The smallest absolute Gasteiger partial charge is 0.303 e. The van der Waals surface area contributed by atoms with E-state index in [1.807, 2.05) is 13.0 Å². The third kappa shape index (κ3) is 2.51. The van der Waals surface area contributed by atoms with Crippen molar-refractivity contribution in [2.45, 2.75) is 58.2 Å². The summed E-state index contributed by atoms with van der Waals surface area (Å²) in [7, 11) is 0. The van der Waals surface area contributed by atoms with Crippen LogP contribution < -0.4 is 0 Å². The van der Waals surface area contributed by atoms with Crippen molar-refractivity contribution in [3.63, 3.8) is 0 Å². The van der Waals surface area contributed by atoms with E-state index in [4.69, 9.17) is 4.74 Å². The van der Waals surface area contributed by atoms with E-state index in [0.29, 0.717) is 12.8 Å². The van der Waals surface area contributed by atoms with Gasteiger partial charge in [-0.3, -0.25) is 19.2 Å². The lowest BCUT2D eigenvalue weighted by Crippen LogP contribution is -2.64. The number of hydrogen-bond donors (Lipinski definition) is 2. The zero-order valence-electron chi connectivity index (χ0n) is 17.5. The molecule has 0 amide bonds. The van der Waals surface area contributed by atoms with Gasteiger partial charge in [0.15, 0.2) is 5.78 Å². The molecule has 4 aliphatic carbocycles. The second kappa shape index (κ2) is 6.69. The average Bonchev–Trinajstić information content (AvgIpc) is 2.88. The SMILES string of the molecule is CC(=O)O[C@]1(C(=O)CO)[C@H](O)C[C@H]2[C@@H]3CCC4=CC(=O)C=C[C@]4(C)[C@H]3C(=O)C[C@@]21C. The van der Waals surface area contributed by atoms with Crippen molar-refractivity contribution in [3.05, 3.63) is 23.8 Å². The Labute approximate surface area is 175 Å². The molecular formula is C23H28O7. The third-order valence-corrected chi connectivity index (χ3v) is 8.30. The molecule has 4 rings (SSSR count). The molecule has 0 spiro atoms. The number of ketones is 3. The Morgan fingerprint density at radius 1 is 1.27 bits per heavy atom. The van der Waals surface area contributed by atoms with Crippen LogP contribution in [-0.4, -0.2) is 51.8 Å². The molecule has 0 aliphatic heterocycles. The third-order valence-electron chi connectivity index (χ3n) is 8.30. The first-order valence-electron chi connectivity index (χ1n) is 10.5. The van der Waals surface area contributed by atoms with Crippen molar-refractivity contribution < 1.29 is 34.1 Å². The number of hydrogen-bond acceptors (Lipinski definition) is 7. The number of fused-ring (bicyclic) bond motifs is 5. The van der Waals surface area contributed by atoms with Gasteiger partial charge in [0.2, 0.25) is 11.4 Å². The predicted octanol–water partition coefficient (Wildman–Crippen LogP) is 1.31. The Kier molecular flexibility index (Phi) is 4.71. The van der Waals surface area contributed by atoms with Crippen LogP contribution in [0.2, 0.25) is 0 Å². The first-order chi connectivity index (χ1) is 14.0. The van der Waals surface area contributed by atoms with Gasteiger partial charge in [-0.05, 0) is 43.3 Å². The van der Waals surface area contributed by atoms with E-state index >= 15 is 0 Å². The summed E-state index contributed by atoms with van der Waals surface area (Å²) in [6, 6.07) is 0. The van der Waals surface area contributed by atoms with Gasteiger partial charge in [-0.25, -0.2) is 0 Å². The van der Waals surface area contributed by atoms with Crippen LogP contribution in [0.5, 0.6) is 0 Å². The number of Topliss-reactive ketones (excluding diaryl/α,β-unsaturated/α-hetero) is 2. The molecule has 0 bridgehead atoms. The molecule has 4 aliphatic rings. The molecule has 0 saturated heterocycles. The van der Waals surface area contributed by atoms with E-state index in [9.17, 15) is 29.4 Å². The molecular weight excluding hydrogens is 388 g/mol. The van der Waals surface area contributed by atoms with Gasteiger partial charge in [-0.2, -0.15) is 0 Å². The molecule has 0 aromatic carbocycles. The second-order valence-corrected chi connectivity index (χ2v) is 9.70.